The molecule has 1 atom stereocenters. The van der Waals surface area contributed by atoms with Gasteiger partial charge in [-0.2, -0.15) is 5.10 Å². The Labute approximate surface area is 114 Å². The molecule has 1 aromatic heterocycles. The molecule has 0 aliphatic carbocycles. The molecule has 1 heterocycles. The van der Waals surface area contributed by atoms with Crippen molar-refractivity contribution in [2.24, 2.45) is 0 Å². The molecular formula is C11H16N4O5. The van der Waals surface area contributed by atoms with Crippen LogP contribution in [-0.2, 0) is 4.79 Å². The molecule has 0 saturated carbocycles. The molecule has 0 unspecified atom stereocenters. The fourth-order valence-electron chi connectivity index (χ4n) is 1.70. The van der Waals surface area contributed by atoms with Gasteiger partial charge in [-0.05, 0) is 13.3 Å². The lowest BCUT2D eigenvalue weighted by molar-refractivity contribution is -0.385. The summed E-state index contributed by atoms with van der Waals surface area (Å²) >= 11 is 0. The standard InChI is InChI=1S/C11H16N4O5/c1-3-4-5-7(11(17)18)12-10(16)8-9(15(19)20)6(2)13-14-8/h7H,3-5H2,1-2H3,(H,12,16)(H,13,14)(H,17,18)/t7-/m0/s1. The van der Waals surface area contributed by atoms with Gasteiger partial charge in [-0.15, -0.1) is 0 Å². The highest BCUT2D eigenvalue weighted by molar-refractivity contribution is 5.98. The van der Waals surface area contributed by atoms with Gasteiger partial charge >= 0.3 is 11.7 Å². The number of carbonyl (C=O) groups is 2. The van der Waals surface area contributed by atoms with Crippen molar-refractivity contribution in [3.05, 3.63) is 21.5 Å². The minimum absolute atomic E-state index is 0.139. The average molecular weight is 284 g/mol. The highest BCUT2D eigenvalue weighted by Crippen LogP contribution is 2.20. The first kappa shape index (κ1) is 15.6. The van der Waals surface area contributed by atoms with E-state index in [1.165, 1.54) is 6.92 Å². The molecule has 9 heteroatoms. The number of nitro groups is 1. The van der Waals surface area contributed by atoms with Gasteiger partial charge in [-0.3, -0.25) is 20.0 Å². The summed E-state index contributed by atoms with van der Waals surface area (Å²) in [4.78, 5) is 33.0. The molecule has 9 nitrogen and oxygen atoms in total. The molecule has 1 amide bonds. The van der Waals surface area contributed by atoms with Gasteiger partial charge in [-0.1, -0.05) is 19.8 Å². The number of amides is 1. The fourth-order valence-corrected chi connectivity index (χ4v) is 1.70. The number of nitrogens with zero attached hydrogens (tertiary/aromatic N) is 2. The summed E-state index contributed by atoms with van der Waals surface area (Å²) in [5, 5.41) is 28.0. The summed E-state index contributed by atoms with van der Waals surface area (Å²) in [6.07, 6.45) is 1.66. The van der Waals surface area contributed by atoms with E-state index in [1.54, 1.807) is 0 Å². The van der Waals surface area contributed by atoms with Crippen LogP contribution in [0.1, 0.15) is 42.4 Å². The van der Waals surface area contributed by atoms with Gasteiger partial charge in [0.25, 0.3) is 5.91 Å². The van der Waals surface area contributed by atoms with E-state index in [1.807, 2.05) is 6.92 Å². The molecule has 0 aliphatic heterocycles. The van der Waals surface area contributed by atoms with Gasteiger partial charge in [0.05, 0.1) is 4.92 Å². The highest BCUT2D eigenvalue weighted by atomic mass is 16.6. The average Bonchev–Trinajstić information content (AvgIpc) is 2.75. The Kier molecular flexibility index (Phi) is 5.18. The van der Waals surface area contributed by atoms with Gasteiger partial charge < -0.3 is 10.4 Å². The third kappa shape index (κ3) is 3.53. The Hall–Kier alpha value is -2.45. The molecule has 0 bridgehead atoms. The third-order valence-corrected chi connectivity index (χ3v) is 2.76. The van der Waals surface area contributed by atoms with Crippen LogP contribution >= 0.6 is 0 Å². The molecule has 1 aromatic rings. The number of hydrogen-bond acceptors (Lipinski definition) is 5. The topological polar surface area (TPSA) is 138 Å². The number of H-pyrrole nitrogens is 1. The Balaban J connectivity index is 2.89. The Morgan fingerprint density at radius 2 is 2.20 bits per heavy atom. The summed E-state index contributed by atoms with van der Waals surface area (Å²) in [5.41, 5.74) is -0.710. The van der Waals surface area contributed by atoms with E-state index >= 15 is 0 Å². The predicted molar refractivity (Wildman–Crippen MR) is 68.4 cm³/mol. The predicted octanol–water partition coefficient (Wildman–Crippen LogP) is 1.000. The smallest absolute Gasteiger partial charge is 0.326 e. The number of rotatable bonds is 7. The number of hydrogen-bond donors (Lipinski definition) is 3. The molecule has 20 heavy (non-hydrogen) atoms. The Morgan fingerprint density at radius 3 is 2.70 bits per heavy atom. The van der Waals surface area contributed by atoms with E-state index < -0.39 is 34.2 Å². The molecule has 1 rings (SSSR count). The van der Waals surface area contributed by atoms with Crippen LogP contribution in [0.4, 0.5) is 5.69 Å². The molecule has 110 valence electrons. The second-order valence-corrected chi connectivity index (χ2v) is 4.31. The normalized spacial score (nSPS) is 11.9. The Bertz CT molecular complexity index is 525. The van der Waals surface area contributed by atoms with Crippen LogP contribution in [0.3, 0.4) is 0 Å². The van der Waals surface area contributed by atoms with Crippen LogP contribution in [0, 0.1) is 17.0 Å². The summed E-state index contributed by atoms with van der Waals surface area (Å²) in [7, 11) is 0. The van der Waals surface area contributed by atoms with Crippen molar-refractivity contribution < 1.29 is 19.6 Å². The molecule has 3 N–H and O–H groups in total. The zero-order valence-electron chi connectivity index (χ0n) is 11.2. The van der Waals surface area contributed by atoms with Crippen molar-refractivity contribution in [2.75, 3.05) is 0 Å². The summed E-state index contributed by atoms with van der Waals surface area (Å²) < 4.78 is 0. The second-order valence-electron chi connectivity index (χ2n) is 4.31. The lowest BCUT2D eigenvalue weighted by atomic mass is 10.1. The minimum atomic E-state index is -1.18. The molecule has 0 saturated heterocycles. The molecule has 0 aliphatic rings. The van der Waals surface area contributed by atoms with Crippen molar-refractivity contribution in [2.45, 2.75) is 39.2 Å². The van der Waals surface area contributed by atoms with Gasteiger partial charge in [0.15, 0.2) is 0 Å². The number of aliphatic carboxylic acids is 1. The number of carboxylic acid groups (broad SMARTS) is 1. The van der Waals surface area contributed by atoms with Crippen molar-refractivity contribution in [1.29, 1.82) is 0 Å². The zero-order chi connectivity index (χ0) is 15.3. The number of carbonyl (C=O) groups excluding carboxylic acids is 1. The van der Waals surface area contributed by atoms with Crippen LogP contribution in [0.5, 0.6) is 0 Å². The van der Waals surface area contributed by atoms with Crippen molar-refractivity contribution in [3.63, 3.8) is 0 Å². The quantitative estimate of drug-likeness (QED) is 0.504. The van der Waals surface area contributed by atoms with Crippen LogP contribution in [-0.4, -0.2) is 38.1 Å². The van der Waals surface area contributed by atoms with Crippen molar-refractivity contribution in [1.82, 2.24) is 15.5 Å². The van der Waals surface area contributed by atoms with Gasteiger partial charge in [0.2, 0.25) is 5.69 Å². The maximum atomic E-state index is 11.9. The van der Waals surface area contributed by atoms with Gasteiger partial charge in [0.1, 0.15) is 11.7 Å². The van der Waals surface area contributed by atoms with Gasteiger partial charge in [0, 0.05) is 0 Å². The maximum Gasteiger partial charge on any atom is 0.326 e. The van der Waals surface area contributed by atoms with Crippen LogP contribution in [0.15, 0.2) is 0 Å². The second kappa shape index (κ2) is 6.64. The number of nitrogens with one attached hydrogen (secondary N) is 2. The molecule has 0 radical (unpaired) electrons. The summed E-state index contributed by atoms with van der Waals surface area (Å²) in [5.74, 6) is -2.05. The Morgan fingerprint density at radius 1 is 1.55 bits per heavy atom. The third-order valence-electron chi connectivity index (χ3n) is 2.76. The fraction of sp³-hybridized carbons (Fsp3) is 0.545. The highest BCUT2D eigenvalue weighted by Gasteiger charge is 2.29. The molecular weight excluding hydrogens is 268 g/mol. The lowest BCUT2D eigenvalue weighted by Crippen LogP contribution is -2.41. The number of aromatic amines is 1. The summed E-state index contributed by atoms with van der Waals surface area (Å²) in [6, 6.07) is -1.08. The van der Waals surface area contributed by atoms with E-state index in [0.717, 1.165) is 6.42 Å². The largest absolute Gasteiger partial charge is 0.480 e. The molecule has 0 fully saturated rings. The van der Waals surface area contributed by atoms with Crippen LogP contribution < -0.4 is 5.32 Å². The zero-order valence-corrected chi connectivity index (χ0v) is 11.2. The molecule has 0 aromatic carbocycles. The number of unbranched alkanes of at least 4 members (excludes halogenated alkanes) is 1. The maximum absolute atomic E-state index is 11.9. The van der Waals surface area contributed by atoms with E-state index in [4.69, 9.17) is 5.11 Å². The SMILES string of the molecule is CCCC[C@H](NC(=O)c1n[nH]c(C)c1[N+](=O)[O-])C(=O)O. The van der Waals surface area contributed by atoms with Crippen molar-refractivity contribution in [3.8, 4) is 0 Å². The first-order valence-electron chi connectivity index (χ1n) is 6.11. The first-order valence-corrected chi connectivity index (χ1v) is 6.11. The lowest BCUT2D eigenvalue weighted by Gasteiger charge is -2.12. The van der Waals surface area contributed by atoms with E-state index in [2.05, 4.69) is 15.5 Å². The van der Waals surface area contributed by atoms with Crippen LogP contribution in [0.25, 0.3) is 0 Å². The first-order chi connectivity index (χ1) is 9.38. The minimum Gasteiger partial charge on any atom is -0.480 e. The van der Waals surface area contributed by atoms with Crippen molar-refractivity contribution >= 4 is 17.6 Å². The number of aromatic nitrogens is 2. The van der Waals surface area contributed by atoms with Gasteiger partial charge in [-0.25, -0.2) is 4.79 Å². The number of aryl methyl sites for hydroxylation is 1. The molecule has 0 spiro atoms. The summed E-state index contributed by atoms with van der Waals surface area (Å²) in [6.45, 7) is 3.30. The van der Waals surface area contributed by atoms with E-state index in [0.29, 0.717) is 6.42 Å². The van der Waals surface area contributed by atoms with E-state index in [9.17, 15) is 19.7 Å². The monoisotopic (exact) mass is 284 g/mol. The van der Waals surface area contributed by atoms with Crippen LogP contribution in [0.2, 0.25) is 0 Å². The van der Waals surface area contributed by atoms with E-state index in [-0.39, 0.29) is 12.1 Å². The number of carboxylic acids is 1.